The molecule has 120 valence electrons. The van der Waals surface area contributed by atoms with E-state index in [4.69, 9.17) is 15.2 Å². The molecule has 1 amide bonds. The summed E-state index contributed by atoms with van der Waals surface area (Å²) in [6, 6.07) is 6.67. The Kier molecular flexibility index (Phi) is 4.38. The number of anilines is 1. The number of nitrogens with two attached hydrogens (primary N) is 1. The van der Waals surface area contributed by atoms with Crippen LogP contribution in [0.3, 0.4) is 0 Å². The van der Waals surface area contributed by atoms with Crippen molar-refractivity contribution in [3.05, 3.63) is 40.2 Å². The summed E-state index contributed by atoms with van der Waals surface area (Å²) in [7, 11) is 0. The van der Waals surface area contributed by atoms with Crippen molar-refractivity contribution in [3.8, 4) is 11.5 Å². The van der Waals surface area contributed by atoms with Gasteiger partial charge >= 0.3 is 0 Å². The molecule has 1 aliphatic heterocycles. The minimum atomic E-state index is -0.347. The molecule has 1 aliphatic rings. The highest BCUT2D eigenvalue weighted by Crippen LogP contribution is 2.32. The third kappa shape index (κ3) is 3.95. The van der Waals surface area contributed by atoms with E-state index in [-0.39, 0.29) is 29.8 Å². The second-order valence-electron chi connectivity index (χ2n) is 4.73. The average molecular weight is 334 g/mol. The molecule has 23 heavy (non-hydrogen) atoms. The number of fused-ring (bicyclic) bond motifs is 1. The zero-order valence-electron chi connectivity index (χ0n) is 12.0. The number of aromatic nitrogens is 2. The van der Waals surface area contributed by atoms with Crippen molar-refractivity contribution < 1.29 is 14.3 Å². The van der Waals surface area contributed by atoms with Crippen LogP contribution in [0.4, 0.5) is 5.82 Å². The molecule has 9 heteroatoms. The molecule has 8 nitrogen and oxygen atoms in total. The summed E-state index contributed by atoms with van der Waals surface area (Å²) in [5.74, 6) is 1.44. The van der Waals surface area contributed by atoms with Crippen molar-refractivity contribution in [1.29, 1.82) is 0 Å². The van der Waals surface area contributed by atoms with Gasteiger partial charge in [0.05, 0.1) is 5.75 Å². The minimum absolute atomic E-state index is 0.122. The van der Waals surface area contributed by atoms with Crippen molar-refractivity contribution in [1.82, 2.24) is 15.3 Å². The lowest BCUT2D eigenvalue weighted by molar-refractivity contribution is -0.118. The van der Waals surface area contributed by atoms with Gasteiger partial charge in [0.25, 0.3) is 5.56 Å². The Morgan fingerprint density at radius 2 is 2.17 bits per heavy atom. The molecule has 1 aromatic heterocycles. The number of nitrogens with one attached hydrogen (secondary N) is 2. The minimum Gasteiger partial charge on any atom is -0.454 e. The number of nitrogen functional groups attached to an aromatic ring is 1. The number of nitrogens with zero attached hydrogens (tertiary/aromatic N) is 1. The second kappa shape index (κ2) is 6.61. The van der Waals surface area contributed by atoms with E-state index in [9.17, 15) is 9.59 Å². The third-order valence-electron chi connectivity index (χ3n) is 3.01. The zero-order valence-corrected chi connectivity index (χ0v) is 12.8. The van der Waals surface area contributed by atoms with E-state index in [0.717, 1.165) is 17.3 Å². The first kappa shape index (κ1) is 15.2. The van der Waals surface area contributed by atoms with Crippen molar-refractivity contribution in [2.24, 2.45) is 0 Å². The highest BCUT2D eigenvalue weighted by molar-refractivity contribution is 7.99. The van der Waals surface area contributed by atoms with Crippen LogP contribution in [0.15, 0.2) is 34.2 Å². The number of benzene rings is 1. The van der Waals surface area contributed by atoms with Gasteiger partial charge in [-0.15, -0.1) is 0 Å². The Bertz CT molecular complexity index is 793. The number of thioether (sulfide) groups is 1. The van der Waals surface area contributed by atoms with Crippen LogP contribution in [0.2, 0.25) is 0 Å². The largest absolute Gasteiger partial charge is 0.454 e. The molecular formula is C14H14N4O4S. The first-order valence-corrected chi connectivity index (χ1v) is 7.73. The number of rotatable bonds is 5. The fourth-order valence-corrected chi connectivity index (χ4v) is 2.67. The number of ether oxygens (including phenoxy) is 2. The molecular weight excluding hydrogens is 320 g/mol. The molecule has 1 aromatic carbocycles. The summed E-state index contributed by atoms with van der Waals surface area (Å²) in [5.41, 5.74) is 6.04. The molecule has 0 radical (unpaired) electrons. The van der Waals surface area contributed by atoms with Crippen molar-refractivity contribution in [2.75, 3.05) is 18.3 Å². The smallest absolute Gasteiger partial charge is 0.253 e. The van der Waals surface area contributed by atoms with Crippen LogP contribution in [0.25, 0.3) is 0 Å². The first-order valence-electron chi connectivity index (χ1n) is 6.75. The fourth-order valence-electron chi connectivity index (χ4n) is 1.96. The van der Waals surface area contributed by atoms with E-state index in [1.165, 1.54) is 6.07 Å². The van der Waals surface area contributed by atoms with Gasteiger partial charge in [0.2, 0.25) is 12.7 Å². The fraction of sp³-hybridized carbons (Fsp3) is 0.214. The normalized spacial score (nSPS) is 12.2. The Labute approximate surface area is 135 Å². The third-order valence-corrected chi connectivity index (χ3v) is 3.88. The van der Waals surface area contributed by atoms with Gasteiger partial charge in [-0.05, 0) is 17.7 Å². The van der Waals surface area contributed by atoms with Crippen molar-refractivity contribution in [3.63, 3.8) is 0 Å². The Morgan fingerprint density at radius 1 is 1.35 bits per heavy atom. The van der Waals surface area contributed by atoms with Gasteiger partial charge in [-0.25, -0.2) is 4.98 Å². The lowest BCUT2D eigenvalue weighted by Gasteiger charge is -2.06. The van der Waals surface area contributed by atoms with E-state index in [1.807, 2.05) is 12.1 Å². The van der Waals surface area contributed by atoms with Crippen LogP contribution < -0.4 is 26.1 Å². The molecule has 0 atom stereocenters. The molecule has 0 aliphatic carbocycles. The number of amides is 1. The Morgan fingerprint density at radius 3 is 3.00 bits per heavy atom. The van der Waals surface area contributed by atoms with Gasteiger partial charge in [0.1, 0.15) is 5.82 Å². The van der Waals surface area contributed by atoms with Crippen LogP contribution in [-0.4, -0.2) is 28.4 Å². The van der Waals surface area contributed by atoms with Crippen molar-refractivity contribution >= 4 is 23.5 Å². The number of H-pyrrole nitrogens is 1. The van der Waals surface area contributed by atoms with E-state index < -0.39 is 0 Å². The van der Waals surface area contributed by atoms with Crippen molar-refractivity contribution in [2.45, 2.75) is 11.7 Å². The predicted octanol–water partition coefficient (Wildman–Crippen LogP) is 0.489. The maximum atomic E-state index is 11.9. The Hall–Kier alpha value is -2.68. The number of hydrogen-bond acceptors (Lipinski definition) is 7. The summed E-state index contributed by atoms with van der Waals surface area (Å²) in [5, 5.41) is 3.10. The summed E-state index contributed by atoms with van der Waals surface area (Å²) in [4.78, 5) is 29.6. The summed E-state index contributed by atoms with van der Waals surface area (Å²) in [6.07, 6.45) is 0. The Balaban J connectivity index is 1.50. The maximum absolute atomic E-state index is 11.9. The molecule has 0 saturated carbocycles. The molecule has 0 bridgehead atoms. The predicted molar refractivity (Wildman–Crippen MR) is 84.4 cm³/mol. The highest BCUT2D eigenvalue weighted by Gasteiger charge is 2.13. The molecule has 0 spiro atoms. The van der Waals surface area contributed by atoms with Gasteiger partial charge in [0.15, 0.2) is 16.7 Å². The standard InChI is InChI=1S/C14H14N4O4S/c15-11-4-12(19)18-14(17-11)23-6-13(20)16-5-8-1-2-9-10(3-8)22-7-21-9/h1-4H,5-7H2,(H,16,20)(H3,15,17,18,19). The summed E-state index contributed by atoms with van der Waals surface area (Å²) < 4.78 is 10.5. The summed E-state index contributed by atoms with van der Waals surface area (Å²) in [6.45, 7) is 0.587. The lowest BCUT2D eigenvalue weighted by Crippen LogP contribution is -2.24. The highest BCUT2D eigenvalue weighted by atomic mass is 32.2. The topological polar surface area (TPSA) is 119 Å². The second-order valence-corrected chi connectivity index (χ2v) is 5.69. The average Bonchev–Trinajstić information content (AvgIpc) is 2.97. The maximum Gasteiger partial charge on any atom is 0.253 e. The molecule has 3 rings (SSSR count). The van der Waals surface area contributed by atoms with Gasteiger partial charge in [-0.2, -0.15) is 0 Å². The molecule has 2 heterocycles. The number of carbonyl (C=O) groups is 1. The van der Waals surface area contributed by atoms with Crippen LogP contribution >= 0.6 is 11.8 Å². The van der Waals surface area contributed by atoms with Gasteiger partial charge < -0.3 is 25.5 Å². The molecule has 4 N–H and O–H groups in total. The van der Waals surface area contributed by atoms with Crippen LogP contribution in [-0.2, 0) is 11.3 Å². The zero-order chi connectivity index (χ0) is 16.2. The quantitative estimate of drug-likeness (QED) is 0.538. The van der Waals surface area contributed by atoms with Crippen LogP contribution in [0, 0.1) is 0 Å². The first-order chi connectivity index (χ1) is 11.1. The molecule has 2 aromatic rings. The monoisotopic (exact) mass is 334 g/mol. The van der Waals surface area contributed by atoms with Crippen LogP contribution in [0.5, 0.6) is 11.5 Å². The van der Waals surface area contributed by atoms with E-state index in [2.05, 4.69) is 15.3 Å². The lowest BCUT2D eigenvalue weighted by atomic mass is 10.2. The van der Waals surface area contributed by atoms with E-state index >= 15 is 0 Å². The molecule has 0 saturated heterocycles. The number of hydrogen-bond donors (Lipinski definition) is 3. The molecule has 0 unspecified atom stereocenters. The van der Waals surface area contributed by atoms with Gasteiger partial charge in [-0.3, -0.25) is 9.59 Å². The van der Waals surface area contributed by atoms with Gasteiger partial charge in [-0.1, -0.05) is 17.8 Å². The number of aromatic amines is 1. The summed E-state index contributed by atoms with van der Waals surface area (Å²) >= 11 is 1.11. The van der Waals surface area contributed by atoms with Crippen LogP contribution in [0.1, 0.15) is 5.56 Å². The SMILES string of the molecule is Nc1cc(=O)[nH]c(SCC(=O)NCc2ccc3c(c2)OCO3)n1. The molecule has 0 fully saturated rings. The van der Waals surface area contributed by atoms with E-state index in [1.54, 1.807) is 6.07 Å². The van der Waals surface area contributed by atoms with E-state index in [0.29, 0.717) is 23.2 Å². The van der Waals surface area contributed by atoms with Gasteiger partial charge in [0, 0.05) is 12.6 Å². The number of carbonyl (C=O) groups excluding carboxylic acids is 1.